The lowest BCUT2D eigenvalue weighted by Crippen LogP contribution is -2.28. The molecule has 74 valence electrons. The van der Waals surface area contributed by atoms with Gasteiger partial charge in [0.1, 0.15) is 0 Å². The van der Waals surface area contributed by atoms with E-state index in [1.165, 1.54) is 17.6 Å². The zero-order chi connectivity index (χ0) is 9.80. The van der Waals surface area contributed by atoms with Crippen LogP contribution in [0.15, 0.2) is 30.6 Å². The molecule has 0 radical (unpaired) electrons. The molecule has 0 saturated carbocycles. The zero-order valence-electron chi connectivity index (χ0n) is 8.53. The Morgan fingerprint density at radius 3 is 3.21 bits per heavy atom. The van der Waals surface area contributed by atoms with Crippen molar-refractivity contribution in [3.8, 4) is 0 Å². The van der Waals surface area contributed by atoms with E-state index < -0.39 is 0 Å². The van der Waals surface area contributed by atoms with E-state index in [9.17, 15) is 0 Å². The first-order valence-electron chi connectivity index (χ1n) is 5.23. The van der Waals surface area contributed by atoms with E-state index in [2.05, 4.69) is 29.4 Å². The van der Waals surface area contributed by atoms with Crippen molar-refractivity contribution in [1.29, 1.82) is 0 Å². The van der Waals surface area contributed by atoms with Gasteiger partial charge in [0.2, 0.25) is 0 Å². The highest BCUT2D eigenvalue weighted by Crippen LogP contribution is 2.26. The highest BCUT2D eigenvalue weighted by atomic mass is 14.9. The maximum absolute atomic E-state index is 4.17. The normalized spacial score (nSPS) is 21.8. The van der Waals surface area contributed by atoms with E-state index in [4.69, 9.17) is 0 Å². The molecule has 2 heterocycles. The molecule has 1 aromatic heterocycles. The van der Waals surface area contributed by atoms with Crippen molar-refractivity contribution in [3.05, 3.63) is 36.2 Å². The van der Waals surface area contributed by atoms with E-state index in [1.54, 1.807) is 0 Å². The van der Waals surface area contributed by atoms with Crippen LogP contribution in [0.4, 0.5) is 0 Å². The van der Waals surface area contributed by atoms with Crippen molar-refractivity contribution in [2.24, 2.45) is 5.92 Å². The van der Waals surface area contributed by atoms with Gasteiger partial charge in [0.05, 0.1) is 0 Å². The zero-order valence-corrected chi connectivity index (χ0v) is 8.53. The third-order valence-electron chi connectivity index (χ3n) is 2.78. The third kappa shape index (κ3) is 1.85. The van der Waals surface area contributed by atoms with Crippen molar-refractivity contribution in [3.63, 3.8) is 0 Å². The summed E-state index contributed by atoms with van der Waals surface area (Å²) in [5.74, 6) is 0.646. The van der Waals surface area contributed by atoms with Crippen LogP contribution < -0.4 is 5.32 Å². The van der Waals surface area contributed by atoms with Gasteiger partial charge in [-0.1, -0.05) is 19.1 Å². The third-order valence-corrected chi connectivity index (χ3v) is 2.78. The molecule has 0 fully saturated rings. The summed E-state index contributed by atoms with van der Waals surface area (Å²) in [5, 5.41) is 3.39. The summed E-state index contributed by atoms with van der Waals surface area (Å²) in [6.45, 7) is 4.32. The highest BCUT2D eigenvalue weighted by molar-refractivity contribution is 5.67. The number of hydrogen-bond donors (Lipinski definition) is 1. The summed E-state index contributed by atoms with van der Waals surface area (Å²) >= 11 is 0. The molecule has 1 aliphatic heterocycles. The Labute approximate surface area is 85.1 Å². The molecule has 1 unspecified atom stereocenters. The Bertz CT molecular complexity index is 316. The minimum absolute atomic E-state index is 0.646. The average Bonchev–Trinajstić information content (AvgIpc) is 2.30. The molecule has 1 N–H and O–H groups in total. The molecule has 0 spiro atoms. The number of pyridine rings is 1. The number of rotatable bonds is 2. The van der Waals surface area contributed by atoms with Crippen molar-refractivity contribution in [2.75, 3.05) is 13.1 Å². The van der Waals surface area contributed by atoms with Crippen LogP contribution >= 0.6 is 0 Å². The minimum Gasteiger partial charge on any atom is -0.313 e. The Morgan fingerprint density at radius 1 is 1.57 bits per heavy atom. The Balaban J connectivity index is 2.28. The monoisotopic (exact) mass is 188 g/mol. The second kappa shape index (κ2) is 4.38. The summed E-state index contributed by atoms with van der Waals surface area (Å²) < 4.78 is 0. The molecular formula is C12H16N2. The smallest absolute Gasteiger partial charge is 0.0343 e. The van der Waals surface area contributed by atoms with Gasteiger partial charge in [-0.25, -0.2) is 0 Å². The van der Waals surface area contributed by atoms with Crippen molar-refractivity contribution >= 4 is 5.57 Å². The van der Waals surface area contributed by atoms with E-state index >= 15 is 0 Å². The van der Waals surface area contributed by atoms with E-state index in [1.807, 2.05) is 18.5 Å². The first-order chi connectivity index (χ1) is 6.92. The van der Waals surface area contributed by atoms with Crippen LogP contribution in [0.25, 0.3) is 5.57 Å². The van der Waals surface area contributed by atoms with Crippen LogP contribution in [-0.4, -0.2) is 18.1 Å². The van der Waals surface area contributed by atoms with Gasteiger partial charge in [0.15, 0.2) is 0 Å². The van der Waals surface area contributed by atoms with Gasteiger partial charge in [0.25, 0.3) is 0 Å². The second-order valence-corrected chi connectivity index (χ2v) is 3.66. The van der Waals surface area contributed by atoms with Crippen LogP contribution in [0.1, 0.15) is 18.9 Å². The molecule has 2 rings (SSSR count). The molecule has 0 saturated heterocycles. The molecular weight excluding hydrogens is 172 g/mol. The first kappa shape index (κ1) is 9.41. The Hall–Kier alpha value is -1.15. The maximum Gasteiger partial charge on any atom is 0.0343 e. The predicted molar refractivity (Wildman–Crippen MR) is 58.9 cm³/mol. The summed E-state index contributed by atoms with van der Waals surface area (Å²) in [6, 6.07) is 4.15. The van der Waals surface area contributed by atoms with Crippen LogP contribution in [0.5, 0.6) is 0 Å². The number of nitrogens with one attached hydrogen (secondary N) is 1. The Kier molecular flexibility index (Phi) is 2.94. The van der Waals surface area contributed by atoms with E-state index in [0.29, 0.717) is 5.92 Å². The number of nitrogens with zero attached hydrogens (tertiary/aromatic N) is 1. The van der Waals surface area contributed by atoms with E-state index in [-0.39, 0.29) is 0 Å². The molecule has 0 bridgehead atoms. The minimum atomic E-state index is 0.646. The lowest BCUT2D eigenvalue weighted by atomic mass is 9.89. The van der Waals surface area contributed by atoms with Gasteiger partial charge < -0.3 is 5.32 Å². The number of aromatic nitrogens is 1. The number of hydrogen-bond acceptors (Lipinski definition) is 2. The molecule has 1 aliphatic rings. The SMILES string of the molecule is CCC1CNCC=C1c1cccnc1. The molecule has 14 heavy (non-hydrogen) atoms. The van der Waals surface area contributed by atoms with Crippen molar-refractivity contribution in [1.82, 2.24) is 10.3 Å². The lowest BCUT2D eigenvalue weighted by molar-refractivity contribution is 0.559. The van der Waals surface area contributed by atoms with Crippen LogP contribution in [0.3, 0.4) is 0 Å². The molecule has 1 aromatic rings. The van der Waals surface area contributed by atoms with Gasteiger partial charge >= 0.3 is 0 Å². The topological polar surface area (TPSA) is 24.9 Å². The fourth-order valence-corrected chi connectivity index (χ4v) is 1.97. The van der Waals surface area contributed by atoms with Crippen molar-refractivity contribution < 1.29 is 0 Å². The fourth-order valence-electron chi connectivity index (χ4n) is 1.97. The van der Waals surface area contributed by atoms with Crippen molar-refractivity contribution in [2.45, 2.75) is 13.3 Å². The van der Waals surface area contributed by atoms with E-state index in [0.717, 1.165) is 13.1 Å². The summed E-state index contributed by atoms with van der Waals surface area (Å²) in [6.07, 6.45) is 7.26. The standard InChI is InChI=1S/C12H16N2/c1-2-10-8-14-7-5-12(10)11-4-3-6-13-9-11/h3-6,9-10,14H,2,7-8H2,1H3. The van der Waals surface area contributed by atoms with Gasteiger partial charge in [-0.05, 0) is 29.5 Å². The largest absolute Gasteiger partial charge is 0.313 e. The van der Waals surface area contributed by atoms with Crippen LogP contribution in [0.2, 0.25) is 0 Å². The Morgan fingerprint density at radius 2 is 2.50 bits per heavy atom. The predicted octanol–water partition coefficient (Wildman–Crippen LogP) is 2.09. The maximum atomic E-state index is 4.17. The molecule has 0 amide bonds. The van der Waals surface area contributed by atoms with Gasteiger partial charge in [-0.15, -0.1) is 0 Å². The summed E-state index contributed by atoms with van der Waals surface area (Å²) in [5.41, 5.74) is 2.74. The molecule has 0 aliphatic carbocycles. The second-order valence-electron chi connectivity index (χ2n) is 3.66. The van der Waals surface area contributed by atoms with Crippen LogP contribution in [0, 0.1) is 5.92 Å². The average molecular weight is 188 g/mol. The van der Waals surface area contributed by atoms with Crippen LogP contribution in [-0.2, 0) is 0 Å². The van der Waals surface area contributed by atoms with Gasteiger partial charge in [-0.3, -0.25) is 4.98 Å². The molecule has 0 aromatic carbocycles. The summed E-state index contributed by atoms with van der Waals surface area (Å²) in [7, 11) is 0. The quantitative estimate of drug-likeness (QED) is 0.768. The lowest BCUT2D eigenvalue weighted by Gasteiger charge is -2.23. The van der Waals surface area contributed by atoms with Gasteiger partial charge in [-0.2, -0.15) is 0 Å². The molecule has 2 nitrogen and oxygen atoms in total. The fraction of sp³-hybridized carbons (Fsp3) is 0.417. The first-order valence-corrected chi connectivity index (χ1v) is 5.23. The van der Waals surface area contributed by atoms with Gasteiger partial charge in [0, 0.05) is 25.5 Å². The summed E-state index contributed by atoms with van der Waals surface area (Å²) in [4.78, 5) is 4.17. The molecule has 2 heteroatoms. The highest BCUT2D eigenvalue weighted by Gasteiger charge is 2.16. The molecule has 1 atom stereocenters.